The number of fused-ring (bicyclic) bond motifs is 4. The van der Waals surface area contributed by atoms with Crippen LogP contribution in [0.15, 0.2) is 171 Å². The van der Waals surface area contributed by atoms with Gasteiger partial charge in [-0.1, -0.05) is 155 Å². The van der Waals surface area contributed by atoms with Crippen LogP contribution in [0, 0.1) is 18.8 Å². The number of aromatic nitrogens is 17. The van der Waals surface area contributed by atoms with Crippen molar-refractivity contribution in [3.05, 3.63) is 216 Å². The van der Waals surface area contributed by atoms with Crippen LogP contribution in [0.2, 0.25) is 0 Å². The van der Waals surface area contributed by atoms with E-state index in [1.807, 2.05) is 91.9 Å². The molecule has 9 aromatic heterocycles. The number of benzene rings is 4. The molecule has 4 aromatic carbocycles. The summed E-state index contributed by atoms with van der Waals surface area (Å²) in [5.41, 5.74) is 11.1. The van der Waals surface area contributed by atoms with Crippen LogP contribution in [0.25, 0.3) is 44.7 Å². The number of anilines is 5. The molecule has 142 heavy (non-hydrogen) atoms. The van der Waals surface area contributed by atoms with Crippen LogP contribution in [0.5, 0.6) is 0 Å². The van der Waals surface area contributed by atoms with Gasteiger partial charge in [0.05, 0.1) is 91.5 Å². The Hall–Kier alpha value is -13.7. The maximum Gasteiger partial charge on any atom is 0.229 e. The van der Waals surface area contributed by atoms with Gasteiger partial charge in [-0.25, -0.2) is 34.9 Å². The van der Waals surface area contributed by atoms with Crippen LogP contribution in [0.1, 0.15) is 179 Å². The minimum atomic E-state index is -1.21. The Morgan fingerprint density at radius 3 is 1.07 bits per heavy atom. The van der Waals surface area contributed by atoms with Gasteiger partial charge >= 0.3 is 0 Å². The van der Waals surface area contributed by atoms with Crippen LogP contribution >= 0.6 is 0 Å². The van der Waals surface area contributed by atoms with Crippen molar-refractivity contribution in [2.75, 3.05) is 77.7 Å². The minimum absolute atomic E-state index is 0.00848. The van der Waals surface area contributed by atoms with E-state index in [0.29, 0.717) is 164 Å². The van der Waals surface area contributed by atoms with E-state index >= 15 is 0 Å². The number of aliphatic hydroxyl groups excluding tert-OH is 8. The SMILES string of the molecule is CCC(=O)N[C@H]1C[C@@H](n2cnc3c(C[C@@H]4CCN(c5nc(NCC(c6ccccc6)c6ccccc6)c6ncn([C@@H]7C[C@H](NC(=O)CC)[C@@H](O)[C@H]7O)c6n5)C4)nc(C)nc32)[C@H](O)[C@@H]1O.CCC(=O)N[C@H]1C[C@@H](n2cnc3c(C[C@@H]4CCN(c5nc(NCC(c6ccccc6)c6ccccc6)c6ncn([C@@H]7C[C@H](NC(=O)CC)[C@@H](O)[C@H]7O)c6n5)C4)nc(N4CC[C@@H](NC(=O)Cc5cccnc5)C4)nc32)[C@H](O)[C@@H]1O. The van der Waals surface area contributed by atoms with E-state index < -0.39 is 97.2 Å². The maximum atomic E-state index is 13.2. The van der Waals surface area contributed by atoms with E-state index in [0.717, 1.165) is 46.4 Å². The van der Waals surface area contributed by atoms with E-state index in [2.05, 4.69) is 105 Å². The van der Waals surface area contributed by atoms with Gasteiger partial charge in [-0.3, -0.25) is 29.0 Å². The number of amides is 5. The third kappa shape index (κ3) is 20.4. The lowest BCUT2D eigenvalue weighted by atomic mass is 9.91. The average molecular weight is 1940 g/mol. The predicted molar refractivity (Wildman–Crippen MR) is 529 cm³/mol. The Labute approximate surface area is 819 Å². The number of carbonyl (C=O) groups is 5. The molecule has 744 valence electrons. The van der Waals surface area contributed by atoms with E-state index in [-0.39, 0.29) is 111 Å². The number of hydrogen-bond donors (Lipinski definition) is 15. The molecule has 3 aliphatic heterocycles. The highest BCUT2D eigenvalue weighted by Gasteiger charge is 2.49. The topological polar surface area (TPSA) is 528 Å². The van der Waals surface area contributed by atoms with Gasteiger partial charge in [-0.2, -0.15) is 24.9 Å². The molecule has 19 atom stereocenters. The van der Waals surface area contributed by atoms with Gasteiger partial charge in [0.1, 0.15) is 65.7 Å². The first kappa shape index (κ1) is 97.1. The van der Waals surface area contributed by atoms with Crippen molar-refractivity contribution in [2.24, 2.45) is 11.8 Å². The highest BCUT2D eigenvalue weighted by Crippen LogP contribution is 2.43. The fourth-order valence-corrected chi connectivity index (χ4v) is 21.7. The molecular weight excluding hydrogens is 1810 g/mol. The summed E-state index contributed by atoms with van der Waals surface area (Å²) in [7, 11) is 0. The number of aliphatic hydroxyl groups is 8. The van der Waals surface area contributed by atoms with Crippen LogP contribution in [0.4, 0.5) is 29.5 Å². The number of aryl methyl sites for hydroxylation is 1. The third-order valence-electron chi connectivity index (χ3n) is 29.4. The molecule has 0 spiro atoms. The van der Waals surface area contributed by atoms with Gasteiger partial charge in [0.25, 0.3) is 0 Å². The molecule has 20 rings (SSSR count). The summed E-state index contributed by atoms with van der Waals surface area (Å²) < 4.78 is 7.18. The quantitative estimate of drug-likeness (QED) is 0.0249. The van der Waals surface area contributed by atoms with Crippen molar-refractivity contribution in [3.8, 4) is 0 Å². The molecule has 4 aliphatic carbocycles. The van der Waals surface area contributed by atoms with E-state index in [1.165, 1.54) is 0 Å². The Morgan fingerprint density at radius 2 is 0.704 bits per heavy atom. The summed E-state index contributed by atoms with van der Waals surface area (Å²) in [6, 6.07) is 39.7. The summed E-state index contributed by atoms with van der Waals surface area (Å²) in [5.74, 6) is 2.21. The van der Waals surface area contributed by atoms with Crippen LogP contribution in [-0.2, 0) is 43.2 Å². The first-order valence-corrected chi connectivity index (χ1v) is 49.6. The van der Waals surface area contributed by atoms with Crippen molar-refractivity contribution in [2.45, 2.75) is 240 Å². The van der Waals surface area contributed by atoms with Gasteiger partial charge in [-0.05, 0) is 110 Å². The Balaban J connectivity index is 0.000000184. The number of nitrogens with one attached hydrogen (secondary N) is 7. The molecule has 0 radical (unpaired) electrons. The fourth-order valence-electron chi connectivity index (χ4n) is 21.7. The van der Waals surface area contributed by atoms with Crippen molar-refractivity contribution in [1.82, 2.24) is 110 Å². The van der Waals surface area contributed by atoms with Crippen molar-refractivity contribution < 1.29 is 64.8 Å². The summed E-state index contributed by atoms with van der Waals surface area (Å²) in [6.45, 7) is 13.3. The lowest BCUT2D eigenvalue weighted by Gasteiger charge is -2.22. The Morgan fingerprint density at radius 1 is 0.366 bits per heavy atom. The second-order valence-electron chi connectivity index (χ2n) is 38.6. The molecule has 13 aromatic rings. The largest absolute Gasteiger partial charge is 0.388 e. The molecular formula is C102H123N27O13. The minimum Gasteiger partial charge on any atom is -0.388 e. The zero-order chi connectivity index (χ0) is 98.7. The summed E-state index contributed by atoms with van der Waals surface area (Å²) in [4.78, 5) is 133. The molecule has 7 fully saturated rings. The van der Waals surface area contributed by atoms with Gasteiger partial charge < -0.3 is 111 Å². The van der Waals surface area contributed by atoms with Crippen molar-refractivity contribution >= 4 is 104 Å². The Kier molecular flexibility index (Phi) is 29.1. The molecule has 3 saturated heterocycles. The fraction of sp³-hybridized carbons (Fsp3) is 0.471. The molecule has 0 unspecified atom stereocenters. The molecule has 40 heteroatoms. The van der Waals surface area contributed by atoms with E-state index in [9.17, 15) is 64.8 Å². The molecule has 0 bridgehead atoms. The Bertz CT molecular complexity index is 6550. The molecule has 15 N–H and O–H groups in total. The second kappa shape index (κ2) is 42.6. The standard InChI is InChI=1S/C56H67N15O7.C46H56N12O6/c1-3-43(72)62-39-24-41(50(77)48(39)75)70-30-59-46-38(64-55(66-53(46)70)69-21-18-36(29-69)61-45(74)23-32-12-11-19-57-26-32)22-33-17-20-68(28-33)56-65-52(58-27-37(34-13-7-5-8-14-34)35-15-9-6-10-16-35)47-54(67-56)71(31-60-47)42-25-40(49(76)51(42)78)63-44(73)4-2;1-4-35(59)52-31-19-33(41(63)39(31)61)57-23-48-37-30(50-25(3)51-44(37)57)18-26-16-17-56(22-26)46-54-43(47-21-29(27-12-8-6-9-13-27)28-14-10-7-11-15-28)38-45(55-46)58(24-49-38)34-20-32(40(62)42(34)64)53-36(60)5-2/h5-16,19,26,30-31,33,36-37,39-42,48-51,75-78H,3-4,17-18,20-25,27-29H2,1-2H3,(H,61,74)(H,62,72)(H,63,73)(H,58,65,67);6-15,23-24,26,29,31-34,39-42,61-64H,4-5,16-22H2,1-3H3,(H,52,59)(H,53,60)(H,47,54,55)/t33-,36+,39-,40-,41+,42+,48+,49+,50-,51-;26-,31-,32-,33+,34+,39+,40+,41-,42-/m00/s1. The highest BCUT2D eigenvalue weighted by atomic mass is 16.3. The summed E-state index contributed by atoms with van der Waals surface area (Å²) in [5, 5.41) is 111. The highest BCUT2D eigenvalue weighted by molar-refractivity contribution is 5.87. The first-order chi connectivity index (χ1) is 68.9. The van der Waals surface area contributed by atoms with Gasteiger partial charge in [0.15, 0.2) is 45.3 Å². The van der Waals surface area contributed by atoms with Crippen LogP contribution in [-0.4, -0.2) is 285 Å². The van der Waals surface area contributed by atoms with Gasteiger partial charge in [0, 0.05) is 108 Å². The number of carbonyl (C=O) groups excluding carboxylic acids is 5. The average Bonchev–Trinajstić information content (AvgIpc) is 1.61. The predicted octanol–water partition coefficient (Wildman–Crippen LogP) is 5.44. The molecule has 7 aliphatic rings. The third-order valence-corrected chi connectivity index (χ3v) is 29.4. The number of hydrogen-bond acceptors (Lipinski definition) is 31. The zero-order valence-corrected chi connectivity index (χ0v) is 79.9. The maximum absolute atomic E-state index is 13.2. The molecule has 5 amide bonds. The molecule has 4 saturated carbocycles. The van der Waals surface area contributed by atoms with Crippen molar-refractivity contribution in [1.29, 1.82) is 0 Å². The summed E-state index contributed by atoms with van der Waals surface area (Å²) in [6.07, 6.45) is 6.17. The van der Waals surface area contributed by atoms with Gasteiger partial charge in [-0.15, -0.1) is 0 Å². The number of imidazole rings is 4. The molecule has 40 nitrogen and oxygen atoms in total. The summed E-state index contributed by atoms with van der Waals surface area (Å²) >= 11 is 0. The smallest absolute Gasteiger partial charge is 0.229 e. The van der Waals surface area contributed by atoms with E-state index in [4.69, 9.17) is 59.8 Å². The number of nitrogens with zero attached hydrogens (tertiary/aromatic N) is 20. The lowest BCUT2D eigenvalue weighted by Crippen LogP contribution is -2.42. The van der Waals surface area contributed by atoms with Crippen LogP contribution < -0.4 is 51.9 Å². The second-order valence-corrected chi connectivity index (χ2v) is 38.6. The van der Waals surface area contributed by atoms with Crippen molar-refractivity contribution in [3.63, 3.8) is 0 Å². The molecule has 12 heterocycles. The zero-order valence-electron chi connectivity index (χ0n) is 79.9. The number of rotatable bonds is 32. The first-order valence-electron chi connectivity index (χ1n) is 49.6. The van der Waals surface area contributed by atoms with E-state index in [1.54, 1.807) is 83.7 Å². The monoisotopic (exact) mass is 1930 g/mol. The number of pyridine rings is 1. The van der Waals surface area contributed by atoms with Gasteiger partial charge in [0.2, 0.25) is 47.4 Å². The lowest BCUT2D eigenvalue weighted by molar-refractivity contribution is -0.123. The van der Waals surface area contributed by atoms with Crippen LogP contribution in [0.3, 0.4) is 0 Å². The normalized spacial score (nSPS) is 25.4.